The highest BCUT2D eigenvalue weighted by atomic mass is 16.5. The largest absolute Gasteiger partial charge is 0.377 e. The van der Waals surface area contributed by atoms with Crippen molar-refractivity contribution in [2.75, 3.05) is 26.7 Å². The van der Waals surface area contributed by atoms with E-state index in [1.807, 2.05) is 7.05 Å². The number of carbonyl (C=O) groups is 1. The third kappa shape index (κ3) is 5.05. The van der Waals surface area contributed by atoms with E-state index in [2.05, 4.69) is 41.4 Å². The molecule has 1 aliphatic carbocycles. The Morgan fingerprint density at radius 2 is 2.00 bits per heavy atom. The molecule has 2 atom stereocenters. The van der Waals surface area contributed by atoms with Gasteiger partial charge in [-0.05, 0) is 57.6 Å². The lowest BCUT2D eigenvalue weighted by Gasteiger charge is -2.27. The predicted octanol–water partition coefficient (Wildman–Crippen LogP) is 3.06. The molecule has 1 aliphatic heterocycles. The van der Waals surface area contributed by atoms with Gasteiger partial charge in [-0.3, -0.25) is 9.69 Å². The lowest BCUT2D eigenvalue weighted by molar-refractivity contribution is -0.123. The summed E-state index contributed by atoms with van der Waals surface area (Å²) >= 11 is 0. The maximum atomic E-state index is 12.5. The quantitative estimate of drug-likeness (QED) is 0.835. The lowest BCUT2D eigenvalue weighted by atomic mass is 10.0. The summed E-state index contributed by atoms with van der Waals surface area (Å²) < 4.78 is 5.77. The van der Waals surface area contributed by atoms with Crippen LogP contribution in [0.2, 0.25) is 0 Å². The summed E-state index contributed by atoms with van der Waals surface area (Å²) in [5.41, 5.74) is 2.49. The molecule has 4 nitrogen and oxygen atoms in total. The molecule has 3 rings (SSSR count). The molecule has 24 heavy (non-hydrogen) atoms. The summed E-state index contributed by atoms with van der Waals surface area (Å²) in [6, 6.07) is 8.72. The minimum atomic E-state index is 0.116. The molecule has 2 unspecified atom stereocenters. The van der Waals surface area contributed by atoms with E-state index in [0.717, 1.165) is 19.6 Å². The molecule has 1 aromatic carbocycles. The number of aryl methyl sites for hydroxylation is 1. The highest BCUT2D eigenvalue weighted by molar-refractivity contribution is 5.78. The van der Waals surface area contributed by atoms with Crippen molar-refractivity contribution >= 4 is 5.91 Å². The topological polar surface area (TPSA) is 41.6 Å². The standard InChI is InChI=1S/C20H30N2O2/c1-15-6-8-16(9-7-15)20(17-10-11-17)21-19(23)14-22(2)13-18-5-3-4-12-24-18/h6-9,17-18,20H,3-5,10-14H2,1-2H3,(H,21,23). The molecule has 1 N–H and O–H groups in total. The summed E-state index contributed by atoms with van der Waals surface area (Å²) in [7, 11) is 2.01. The van der Waals surface area contributed by atoms with Gasteiger partial charge in [-0.1, -0.05) is 29.8 Å². The Hall–Kier alpha value is -1.39. The third-order valence-electron chi connectivity index (χ3n) is 5.05. The van der Waals surface area contributed by atoms with Crippen molar-refractivity contribution in [3.8, 4) is 0 Å². The molecule has 1 saturated carbocycles. The maximum Gasteiger partial charge on any atom is 0.234 e. The summed E-state index contributed by atoms with van der Waals surface area (Å²) in [6.45, 7) is 4.24. The van der Waals surface area contributed by atoms with E-state index < -0.39 is 0 Å². The average Bonchev–Trinajstić information content (AvgIpc) is 3.39. The number of nitrogens with one attached hydrogen (secondary N) is 1. The molecule has 0 bridgehead atoms. The van der Waals surface area contributed by atoms with Gasteiger partial charge in [0.1, 0.15) is 0 Å². The Labute approximate surface area is 145 Å². The van der Waals surface area contributed by atoms with Gasteiger partial charge in [-0.2, -0.15) is 0 Å². The molecular formula is C20H30N2O2. The van der Waals surface area contributed by atoms with Crippen LogP contribution in [0.4, 0.5) is 0 Å². The van der Waals surface area contributed by atoms with E-state index >= 15 is 0 Å². The average molecular weight is 330 g/mol. The first kappa shape index (κ1) is 17.4. The van der Waals surface area contributed by atoms with Crippen molar-refractivity contribution in [2.45, 2.75) is 51.2 Å². The maximum absolute atomic E-state index is 12.5. The van der Waals surface area contributed by atoms with Gasteiger partial charge in [0.2, 0.25) is 5.91 Å². The normalized spacial score (nSPS) is 22.4. The summed E-state index contributed by atoms with van der Waals surface area (Å²) in [4.78, 5) is 14.6. The predicted molar refractivity (Wildman–Crippen MR) is 95.9 cm³/mol. The van der Waals surface area contributed by atoms with Crippen molar-refractivity contribution in [3.63, 3.8) is 0 Å². The Kier molecular flexibility index (Phi) is 5.90. The van der Waals surface area contributed by atoms with E-state index in [-0.39, 0.29) is 18.1 Å². The van der Waals surface area contributed by atoms with Crippen LogP contribution in [-0.4, -0.2) is 43.7 Å². The number of rotatable bonds is 7. The Morgan fingerprint density at radius 3 is 2.62 bits per heavy atom. The second-order valence-electron chi connectivity index (χ2n) is 7.48. The molecule has 132 valence electrons. The van der Waals surface area contributed by atoms with Crippen LogP contribution >= 0.6 is 0 Å². The molecule has 1 saturated heterocycles. The SMILES string of the molecule is Cc1ccc(C(NC(=O)CN(C)CC2CCCCO2)C2CC2)cc1. The smallest absolute Gasteiger partial charge is 0.234 e. The Morgan fingerprint density at radius 1 is 1.25 bits per heavy atom. The molecule has 0 spiro atoms. The van der Waals surface area contributed by atoms with E-state index in [4.69, 9.17) is 4.74 Å². The number of hydrogen-bond acceptors (Lipinski definition) is 3. The highest BCUT2D eigenvalue weighted by Gasteiger charge is 2.33. The molecule has 1 heterocycles. The molecule has 1 aromatic rings. The van der Waals surface area contributed by atoms with Crippen molar-refractivity contribution in [1.82, 2.24) is 10.2 Å². The molecule has 4 heteroatoms. The molecule has 0 aromatic heterocycles. The fraction of sp³-hybridized carbons (Fsp3) is 0.650. The number of carbonyl (C=O) groups excluding carboxylic acids is 1. The van der Waals surface area contributed by atoms with Gasteiger partial charge < -0.3 is 10.1 Å². The van der Waals surface area contributed by atoms with Gasteiger partial charge in [0, 0.05) is 13.2 Å². The molecular weight excluding hydrogens is 300 g/mol. The number of likely N-dealkylation sites (N-methyl/N-ethyl adjacent to an activating group) is 1. The zero-order chi connectivity index (χ0) is 16.9. The second-order valence-corrected chi connectivity index (χ2v) is 7.48. The first-order valence-corrected chi connectivity index (χ1v) is 9.28. The second kappa shape index (κ2) is 8.13. The highest BCUT2D eigenvalue weighted by Crippen LogP contribution is 2.41. The Balaban J connectivity index is 1.51. The van der Waals surface area contributed by atoms with Crippen LogP contribution < -0.4 is 5.32 Å². The fourth-order valence-corrected chi connectivity index (χ4v) is 3.50. The van der Waals surface area contributed by atoms with Crippen molar-refractivity contribution in [3.05, 3.63) is 35.4 Å². The number of amides is 1. The Bertz CT molecular complexity index is 533. The summed E-state index contributed by atoms with van der Waals surface area (Å²) in [5.74, 6) is 0.717. The first-order valence-electron chi connectivity index (χ1n) is 9.28. The first-order chi connectivity index (χ1) is 11.6. The van der Waals surface area contributed by atoms with E-state index in [1.54, 1.807) is 0 Å². The zero-order valence-corrected chi connectivity index (χ0v) is 15.0. The van der Waals surface area contributed by atoms with Crippen LogP contribution in [0, 0.1) is 12.8 Å². The monoisotopic (exact) mass is 330 g/mol. The van der Waals surface area contributed by atoms with Crippen LogP contribution in [0.1, 0.15) is 49.3 Å². The minimum Gasteiger partial charge on any atom is -0.377 e. The van der Waals surface area contributed by atoms with Gasteiger partial charge in [0.05, 0.1) is 18.7 Å². The molecule has 2 aliphatic rings. The van der Waals surface area contributed by atoms with Crippen LogP contribution in [-0.2, 0) is 9.53 Å². The van der Waals surface area contributed by atoms with Gasteiger partial charge in [-0.25, -0.2) is 0 Å². The van der Waals surface area contributed by atoms with Crippen LogP contribution in [0.15, 0.2) is 24.3 Å². The van der Waals surface area contributed by atoms with Gasteiger partial charge in [0.25, 0.3) is 0 Å². The van der Waals surface area contributed by atoms with E-state index in [9.17, 15) is 4.79 Å². The zero-order valence-electron chi connectivity index (χ0n) is 15.0. The van der Waals surface area contributed by atoms with Crippen LogP contribution in [0.25, 0.3) is 0 Å². The van der Waals surface area contributed by atoms with Crippen molar-refractivity contribution in [2.24, 2.45) is 5.92 Å². The van der Waals surface area contributed by atoms with E-state index in [0.29, 0.717) is 12.5 Å². The molecule has 0 radical (unpaired) electrons. The summed E-state index contributed by atoms with van der Waals surface area (Å²) in [5, 5.41) is 3.26. The lowest BCUT2D eigenvalue weighted by Crippen LogP contribution is -2.41. The van der Waals surface area contributed by atoms with Crippen LogP contribution in [0.5, 0.6) is 0 Å². The minimum absolute atomic E-state index is 0.116. The molecule has 1 amide bonds. The van der Waals surface area contributed by atoms with E-state index in [1.165, 1.54) is 36.8 Å². The fourth-order valence-electron chi connectivity index (χ4n) is 3.50. The van der Waals surface area contributed by atoms with Crippen molar-refractivity contribution in [1.29, 1.82) is 0 Å². The van der Waals surface area contributed by atoms with Gasteiger partial charge >= 0.3 is 0 Å². The van der Waals surface area contributed by atoms with Gasteiger partial charge in [0.15, 0.2) is 0 Å². The number of hydrogen-bond donors (Lipinski definition) is 1. The van der Waals surface area contributed by atoms with Crippen molar-refractivity contribution < 1.29 is 9.53 Å². The number of ether oxygens (including phenoxy) is 1. The number of nitrogens with zero attached hydrogens (tertiary/aromatic N) is 1. The summed E-state index contributed by atoms with van der Waals surface area (Å²) in [6.07, 6.45) is 6.23. The third-order valence-corrected chi connectivity index (χ3v) is 5.05. The van der Waals surface area contributed by atoms with Crippen LogP contribution in [0.3, 0.4) is 0 Å². The van der Waals surface area contributed by atoms with Gasteiger partial charge in [-0.15, -0.1) is 0 Å². The number of benzene rings is 1. The molecule has 2 fully saturated rings.